The molecule has 1 radical (unpaired) electrons. The van der Waals surface area contributed by atoms with Crippen molar-refractivity contribution in [3.8, 4) is 0 Å². The Morgan fingerprint density at radius 3 is 2.89 bits per heavy atom. The molecule has 4 heteroatoms. The molecule has 1 amide bonds. The van der Waals surface area contributed by atoms with Gasteiger partial charge in [-0.15, -0.1) is 0 Å². The maximum absolute atomic E-state index is 10.6. The van der Waals surface area contributed by atoms with Crippen molar-refractivity contribution in [2.24, 2.45) is 5.92 Å². The Morgan fingerprint density at radius 2 is 2.44 bits per heavy atom. The van der Waals surface area contributed by atoms with Crippen LogP contribution in [0.25, 0.3) is 0 Å². The van der Waals surface area contributed by atoms with Crippen molar-refractivity contribution in [1.82, 2.24) is 10.9 Å². The Labute approximate surface area is 52.6 Å². The molecule has 2 N–H and O–H groups in total. The first kappa shape index (κ1) is 6.22. The Balaban J connectivity index is 2.48. The number of hydrogen-bond donors (Lipinski definition) is 2. The van der Waals surface area contributed by atoms with Crippen LogP contribution >= 0.6 is 0 Å². The molecule has 0 bridgehead atoms. The van der Waals surface area contributed by atoms with Crippen molar-refractivity contribution >= 4 is 12.2 Å². The van der Waals surface area contributed by atoms with Crippen LogP contribution in [0, 0.1) is 5.92 Å². The van der Waals surface area contributed by atoms with Crippen molar-refractivity contribution in [3.05, 3.63) is 0 Å². The minimum Gasteiger partial charge on any atom is -0.291 e. The van der Waals surface area contributed by atoms with Crippen molar-refractivity contribution in [3.63, 3.8) is 0 Å². The molecule has 1 unspecified atom stereocenters. The van der Waals surface area contributed by atoms with Crippen LogP contribution in [-0.4, -0.2) is 18.7 Å². The molecule has 1 heterocycles. The van der Waals surface area contributed by atoms with Crippen molar-refractivity contribution < 1.29 is 9.59 Å². The molecule has 0 spiro atoms. The third-order valence-corrected chi connectivity index (χ3v) is 1.23. The topological polar surface area (TPSA) is 58.2 Å². The first-order chi connectivity index (χ1) is 4.34. The summed E-state index contributed by atoms with van der Waals surface area (Å²) in [5, 5.41) is 0. The molecule has 49 valence electrons. The standard InChI is InChI=1S/C5H7N2O2/c8-3-4-1-2-6-7-5(4)9/h4,6H,1-2H2,(H,7,9). The predicted octanol–water partition coefficient (Wildman–Crippen LogP) is -1.26. The first-order valence-corrected chi connectivity index (χ1v) is 2.75. The lowest BCUT2D eigenvalue weighted by molar-refractivity contribution is -0.125. The molecule has 0 aliphatic carbocycles. The monoisotopic (exact) mass is 127 g/mol. The van der Waals surface area contributed by atoms with Gasteiger partial charge >= 0.3 is 0 Å². The number of rotatable bonds is 1. The summed E-state index contributed by atoms with van der Waals surface area (Å²) < 4.78 is 0. The van der Waals surface area contributed by atoms with E-state index in [-0.39, 0.29) is 5.91 Å². The normalized spacial score (nSPS) is 27.1. The molecule has 0 aromatic heterocycles. The number of hydrazine groups is 1. The highest BCUT2D eigenvalue weighted by Gasteiger charge is 2.21. The molecule has 4 nitrogen and oxygen atoms in total. The van der Waals surface area contributed by atoms with Gasteiger partial charge in [0.05, 0.1) is 0 Å². The molecule has 1 saturated heterocycles. The van der Waals surface area contributed by atoms with E-state index in [1.165, 1.54) is 0 Å². The highest BCUT2D eigenvalue weighted by Crippen LogP contribution is 2.00. The lowest BCUT2D eigenvalue weighted by atomic mass is 10.1. The average Bonchev–Trinajstić information content (AvgIpc) is 1.89. The van der Waals surface area contributed by atoms with E-state index in [4.69, 9.17) is 0 Å². The van der Waals surface area contributed by atoms with Crippen LogP contribution in [0.2, 0.25) is 0 Å². The van der Waals surface area contributed by atoms with E-state index in [1.54, 1.807) is 6.29 Å². The second-order valence-corrected chi connectivity index (χ2v) is 1.88. The minimum atomic E-state index is -0.564. The number of amides is 1. The van der Waals surface area contributed by atoms with E-state index in [2.05, 4.69) is 10.9 Å². The van der Waals surface area contributed by atoms with Crippen molar-refractivity contribution in [1.29, 1.82) is 0 Å². The number of carbonyl (C=O) groups is 1. The fraction of sp³-hybridized carbons (Fsp3) is 0.600. The van der Waals surface area contributed by atoms with E-state index in [1.807, 2.05) is 0 Å². The molecule has 0 saturated carbocycles. The van der Waals surface area contributed by atoms with Gasteiger partial charge in [-0.1, -0.05) is 0 Å². The second-order valence-electron chi connectivity index (χ2n) is 1.88. The predicted molar refractivity (Wildman–Crippen MR) is 29.9 cm³/mol. The Morgan fingerprint density at radius 1 is 1.67 bits per heavy atom. The highest BCUT2D eigenvalue weighted by atomic mass is 16.2. The van der Waals surface area contributed by atoms with Gasteiger partial charge in [0.2, 0.25) is 12.2 Å². The lowest BCUT2D eigenvalue weighted by Gasteiger charge is -2.16. The molecule has 1 aliphatic heterocycles. The van der Waals surface area contributed by atoms with Gasteiger partial charge in [-0.05, 0) is 6.42 Å². The Kier molecular flexibility index (Phi) is 1.79. The number of nitrogens with one attached hydrogen (secondary N) is 2. The smallest absolute Gasteiger partial charge is 0.245 e. The summed E-state index contributed by atoms with van der Waals surface area (Å²) in [5.41, 5.74) is 4.95. The fourth-order valence-electron chi connectivity index (χ4n) is 0.697. The van der Waals surface area contributed by atoms with Gasteiger partial charge in [-0.3, -0.25) is 15.0 Å². The van der Waals surface area contributed by atoms with Gasteiger partial charge in [0.1, 0.15) is 5.92 Å². The van der Waals surface area contributed by atoms with Crippen LogP contribution in [0.3, 0.4) is 0 Å². The number of hydrogen-bond acceptors (Lipinski definition) is 3. The molecule has 1 fully saturated rings. The zero-order valence-corrected chi connectivity index (χ0v) is 4.81. The molecular formula is C5H7N2O2. The van der Waals surface area contributed by atoms with E-state index >= 15 is 0 Å². The quantitative estimate of drug-likeness (QED) is 0.432. The molecule has 9 heavy (non-hydrogen) atoms. The van der Waals surface area contributed by atoms with Crippen LogP contribution < -0.4 is 10.9 Å². The van der Waals surface area contributed by atoms with Gasteiger partial charge in [0.25, 0.3) is 0 Å². The zero-order chi connectivity index (χ0) is 6.69. The summed E-state index contributed by atoms with van der Waals surface area (Å²) in [6.07, 6.45) is 2.20. The molecule has 0 aromatic carbocycles. The van der Waals surface area contributed by atoms with Crippen LogP contribution in [0.4, 0.5) is 0 Å². The van der Waals surface area contributed by atoms with E-state index < -0.39 is 5.92 Å². The molecular weight excluding hydrogens is 120 g/mol. The Hall–Kier alpha value is -0.900. The van der Waals surface area contributed by atoms with Crippen molar-refractivity contribution in [2.45, 2.75) is 6.42 Å². The summed E-state index contributed by atoms with van der Waals surface area (Å²) in [6, 6.07) is 0. The van der Waals surface area contributed by atoms with Gasteiger partial charge in [-0.2, -0.15) is 0 Å². The Bertz CT molecular complexity index is 135. The number of carbonyl (C=O) groups excluding carboxylic acids is 2. The SMILES string of the molecule is O=[C]C1CCNNC1=O. The summed E-state index contributed by atoms with van der Waals surface area (Å²) in [5.74, 6) is -0.845. The van der Waals surface area contributed by atoms with Crippen LogP contribution in [0.15, 0.2) is 0 Å². The maximum atomic E-state index is 10.6. The summed E-state index contributed by atoms with van der Waals surface area (Å²) >= 11 is 0. The highest BCUT2D eigenvalue weighted by molar-refractivity contribution is 5.91. The van der Waals surface area contributed by atoms with E-state index in [0.717, 1.165) is 0 Å². The summed E-state index contributed by atoms with van der Waals surface area (Å²) in [7, 11) is 0. The third kappa shape index (κ3) is 1.26. The second kappa shape index (κ2) is 2.59. The molecule has 1 aliphatic rings. The van der Waals surface area contributed by atoms with Gasteiger partial charge < -0.3 is 0 Å². The van der Waals surface area contributed by atoms with E-state index in [0.29, 0.717) is 13.0 Å². The van der Waals surface area contributed by atoms with Gasteiger partial charge in [0, 0.05) is 6.54 Å². The largest absolute Gasteiger partial charge is 0.291 e. The molecule has 1 atom stereocenters. The zero-order valence-electron chi connectivity index (χ0n) is 4.81. The minimum absolute atomic E-state index is 0.281. The van der Waals surface area contributed by atoms with Crippen LogP contribution in [0.5, 0.6) is 0 Å². The van der Waals surface area contributed by atoms with Gasteiger partial charge in [0.15, 0.2) is 0 Å². The summed E-state index contributed by atoms with van der Waals surface area (Å²) in [4.78, 5) is 20.5. The fourth-order valence-corrected chi connectivity index (χ4v) is 0.697. The third-order valence-electron chi connectivity index (χ3n) is 1.23. The van der Waals surface area contributed by atoms with Crippen LogP contribution in [-0.2, 0) is 9.59 Å². The molecule has 1 rings (SSSR count). The maximum Gasteiger partial charge on any atom is 0.245 e. The first-order valence-electron chi connectivity index (χ1n) is 2.75. The summed E-state index contributed by atoms with van der Waals surface area (Å²) in [6.45, 7) is 0.644. The molecule has 0 aromatic rings. The van der Waals surface area contributed by atoms with Crippen LogP contribution in [0.1, 0.15) is 6.42 Å². The lowest BCUT2D eigenvalue weighted by Crippen LogP contribution is -2.48. The van der Waals surface area contributed by atoms with E-state index in [9.17, 15) is 9.59 Å². The van der Waals surface area contributed by atoms with Crippen molar-refractivity contribution in [2.75, 3.05) is 6.54 Å². The average molecular weight is 127 g/mol. The van der Waals surface area contributed by atoms with Gasteiger partial charge in [-0.25, -0.2) is 5.43 Å².